The van der Waals surface area contributed by atoms with E-state index in [4.69, 9.17) is 14.2 Å². The van der Waals surface area contributed by atoms with Crippen LogP contribution in [0, 0.1) is 16.7 Å². The van der Waals surface area contributed by atoms with Crippen LogP contribution in [0.2, 0.25) is 0 Å². The highest BCUT2D eigenvalue weighted by Crippen LogP contribution is 2.35. The zero-order valence-corrected chi connectivity index (χ0v) is 25.5. The summed E-state index contributed by atoms with van der Waals surface area (Å²) in [6.07, 6.45) is 0.615. The molecule has 42 heavy (non-hydrogen) atoms. The van der Waals surface area contributed by atoms with Gasteiger partial charge in [0.05, 0.1) is 43.4 Å². The number of hydrogen-bond donors (Lipinski definition) is 2. The maximum absolute atomic E-state index is 14.1. The molecule has 0 saturated carbocycles. The van der Waals surface area contributed by atoms with Crippen LogP contribution in [-0.4, -0.2) is 75.6 Å². The Morgan fingerprint density at radius 2 is 1.88 bits per heavy atom. The molecule has 2 N–H and O–H groups in total. The van der Waals surface area contributed by atoms with Gasteiger partial charge in [-0.25, -0.2) is 13.2 Å². The maximum Gasteiger partial charge on any atom is 0.407 e. The summed E-state index contributed by atoms with van der Waals surface area (Å²) >= 11 is 0. The second kappa shape index (κ2) is 15.9. The van der Waals surface area contributed by atoms with Gasteiger partial charge in [0.2, 0.25) is 10.0 Å². The Hall–Kier alpha value is -3.17. The van der Waals surface area contributed by atoms with Gasteiger partial charge in [0.15, 0.2) is 0 Å². The first kappa shape index (κ1) is 33.3. The van der Waals surface area contributed by atoms with Crippen LogP contribution < -0.4 is 10.1 Å². The van der Waals surface area contributed by atoms with Crippen molar-refractivity contribution in [1.82, 2.24) is 9.62 Å². The average molecular weight is 602 g/mol. The van der Waals surface area contributed by atoms with Gasteiger partial charge in [-0.2, -0.15) is 9.57 Å². The monoisotopic (exact) mass is 601 g/mol. The van der Waals surface area contributed by atoms with E-state index in [-0.39, 0.29) is 36.9 Å². The fraction of sp³-hybridized carbons (Fsp3) is 0.548. The van der Waals surface area contributed by atoms with E-state index < -0.39 is 33.7 Å². The Bertz CT molecular complexity index is 1260. The first-order valence-corrected chi connectivity index (χ1v) is 15.9. The molecular weight excluding hydrogens is 558 g/mol. The molecule has 3 rings (SSSR count). The number of rotatable bonds is 16. The lowest BCUT2D eigenvalue weighted by atomic mass is 9.78. The number of aliphatic hydroxyl groups is 1. The van der Waals surface area contributed by atoms with Crippen LogP contribution in [0.4, 0.5) is 4.79 Å². The molecule has 1 aliphatic rings. The number of nitriles is 1. The molecule has 0 unspecified atom stereocenters. The Labute approximate surface area is 249 Å². The molecule has 3 atom stereocenters. The molecule has 0 radical (unpaired) electrons. The number of nitrogens with one attached hydrogen (secondary N) is 1. The van der Waals surface area contributed by atoms with Crippen molar-refractivity contribution in [1.29, 1.82) is 5.26 Å². The van der Waals surface area contributed by atoms with Crippen molar-refractivity contribution in [2.24, 2.45) is 5.41 Å². The van der Waals surface area contributed by atoms with E-state index in [1.54, 1.807) is 12.1 Å². The van der Waals surface area contributed by atoms with Crippen LogP contribution in [-0.2, 0) is 25.9 Å². The lowest BCUT2D eigenvalue weighted by molar-refractivity contribution is 0.0606. The SMILES string of the molecule is CCC(CC)(CCC#N)CN(C[C@H](O)[C@H](Cc1ccccc1)NC(=O)O[C@H]1CCOC1)S(=O)(=O)c1ccc(OC)cc1. The molecule has 0 bridgehead atoms. The number of benzene rings is 2. The van der Waals surface area contributed by atoms with Crippen LogP contribution in [0.5, 0.6) is 5.75 Å². The molecule has 2 aromatic rings. The highest BCUT2D eigenvalue weighted by Gasteiger charge is 2.37. The Morgan fingerprint density at radius 1 is 1.19 bits per heavy atom. The molecule has 0 aliphatic carbocycles. The van der Waals surface area contributed by atoms with Crippen LogP contribution in [0.3, 0.4) is 0 Å². The largest absolute Gasteiger partial charge is 0.497 e. The lowest BCUT2D eigenvalue weighted by Crippen LogP contribution is -2.52. The number of hydrogen-bond acceptors (Lipinski definition) is 8. The van der Waals surface area contributed by atoms with Gasteiger partial charge >= 0.3 is 6.09 Å². The highest BCUT2D eigenvalue weighted by atomic mass is 32.2. The number of amides is 1. The topological polar surface area (TPSA) is 138 Å². The molecule has 2 aromatic carbocycles. The summed E-state index contributed by atoms with van der Waals surface area (Å²) in [5.74, 6) is 0.518. The predicted molar refractivity (Wildman–Crippen MR) is 158 cm³/mol. The lowest BCUT2D eigenvalue weighted by Gasteiger charge is -2.38. The standard InChI is InChI=1S/C31H43N3O7S/c1-4-31(5-2,17-9-18-32)23-34(42(37,38)27-14-12-25(39-3)13-15-27)21-29(35)28(20-24-10-7-6-8-11-24)33-30(36)41-26-16-19-40-22-26/h6-8,10-15,26,28-29,35H,4-5,9,16-17,19-23H2,1-3H3,(H,33,36)/t26-,28-,29-/m0/s1. The molecule has 0 spiro atoms. The van der Waals surface area contributed by atoms with E-state index in [2.05, 4.69) is 11.4 Å². The van der Waals surface area contributed by atoms with Gasteiger partial charge in [0.25, 0.3) is 0 Å². The molecule has 10 nitrogen and oxygen atoms in total. The summed E-state index contributed by atoms with van der Waals surface area (Å²) in [7, 11) is -2.58. The second-order valence-corrected chi connectivity index (χ2v) is 12.7. The molecule has 230 valence electrons. The van der Waals surface area contributed by atoms with Crippen molar-refractivity contribution >= 4 is 16.1 Å². The number of carbonyl (C=O) groups is 1. The van der Waals surface area contributed by atoms with Gasteiger partial charge in [-0.05, 0) is 60.9 Å². The third-order valence-electron chi connectivity index (χ3n) is 8.09. The number of alkyl carbamates (subject to hydrolysis) is 1. The molecular formula is C31H43N3O7S. The van der Waals surface area contributed by atoms with Gasteiger partial charge in [-0.15, -0.1) is 0 Å². The number of aliphatic hydroxyl groups excluding tert-OH is 1. The van der Waals surface area contributed by atoms with Crippen molar-refractivity contribution in [3.63, 3.8) is 0 Å². The van der Waals surface area contributed by atoms with Gasteiger partial charge in [0, 0.05) is 25.9 Å². The van der Waals surface area contributed by atoms with E-state index in [1.807, 2.05) is 44.2 Å². The minimum atomic E-state index is -4.08. The fourth-order valence-corrected chi connectivity index (χ4v) is 6.75. The normalized spacial score (nSPS) is 16.9. The third kappa shape index (κ3) is 9.16. The first-order chi connectivity index (χ1) is 20.2. The predicted octanol–water partition coefficient (Wildman–Crippen LogP) is 4.28. The van der Waals surface area contributed by atoms with E-state index in [0.717, 1.165) is 5.56 Å². The van der Waals surface area contributed by atoms with E-state index in [1.165, 1.54) is 23.5 Å². The number of sulfonamides is 1. The Kier molecular flexibility index (Phi) is 12.6. The van der Waals surface area contributed by atoms with Crippen LogP contribution in [0.1, 0.15) is 51.5 Å². The van der Waals surface area contributed by atoms with Crippen molar-refractivity contribution < 1.29 is 32.5 Å². The molecule has 11 heteroatoms. The molecule has 1 heterocycles. The van der Waals surface area contributed by atoms with Crippen LogP contribution >= 0.6 is 0 Å². The minimum Gasteiger partial charge on any atom is -0.497 e. The van der Waals surface area contributed by atoms with Crippen molar-refractivity contribution in [3.8, 4) is 11.8 Å². The minimum absolute atomic E-state index is 0.0603. The van der Waals surface area contributed by atoms with Crippen molar-refractivity contribution in [2.45, 2.75) is 75.5 Å². The number of ether oxygens (including phenoxy) is 3. The maximum atomic E-state index is 14.1. The molecule has 1 fully saturated rings. The van der Waals surface area contributed by atoms with Crippen LogP contribution in [0.15, 0.2) is 59.5 Å². The summed E-state index contributed by atoms with van der Waals surface area (Å²) in [6, 6.07) is 16.8. The first-order valence-electron chi connectivity index (χ1n) is 14.4. The number of carbonyl (C=O) groups excluding carboxylic acids is 1. The summed E-state index contributed by atoms with van der Waals surface area (Å²) in [4.78, 5) is 12.9. The summed E-state index contributed by atoms with van der Waals surface area (Å²) in [5.41, 5.74) is 0.389. The Balaban J connectivity index is 1.93. The fourth-order valence-electron chi connectivity index (χ4n) is 5.18. The van der Waals surface area contributed by atoms with Gasteiger partial charge in [-0.3, -0.25) is 0 Å². The van der Waals surface area contributed by atoms with E-state index in [0.29, 0.717) is 44.6 Å². The van der Waals surface area contributed by atoms with Gasteiger partial charge in [0.1, 0.15) is 11.9 Å². The smallest absolute Gasteiger partial charge is 0.407 e. The zero-order valence-electron chi connectivity index (χ0n) is 24.7. The second-order valence-electron chi connectivity index (χ2n) is 10.7. The van der Waals surface area contributed by atoms with Crippen molar-refractivity contribution in [2.75, 3.05) is 33.4 Å². The van der Waals surface area contributed by atoms with Gasteiger partial charge < -0.3 is 24.6 Å². The van der Waals surface area contributed by atoms with Gasteiger partial charge in [-0.1, -0.05) is 44.2 Å². The van der Waals surface area contributed by atoms with Crippen LogP contribution in [0.25, 0.3) is 0 Å². The molecule has 1 aliphatic heterocycles. The van der Waals surface area contributed by atoms with Crippen molar-refractivity contribution in [3.05, 3.63) is 60.2 Å². The molecule has 0 aromatic heterocycles. The Morgan fingerprint density at radius 3 is 2.45 bits per heavy atom. The summed E-state index contributed by atoms with van der Waals surface area (Å²) in [6.45, 7) is 4.62. The summed E-state index contributed by atoms with van der Waals surface area (Å²) in [5, 5.41) is 23.7. The number of nitrogens with zero attached hydrogens (tertiary/aromatic N) is 2. The zero-order chi connectivity index (χ0) is 30.6. The summed E-state index contributed by atoms with van der Waals surface area (Å²) < 4.78 is 45.4. The molecule has 1 saturated heterocycles. The highest BCUT2D eigenvalue weighted by molar-refractivity contribution is 7.89. The van der Waals surface area contributed by atoms with E-state index >= 15 is 0 Å². The quantitative estimate of drug-likeness (QED) is 0.291. The molecule has 1 amide bonds. The number of methoxy groups -OCH3 is 1. The third-order valence-corrected chi connectivity index (χ3v) is 9.92. The van der Waals surface area contributed by atoms with E-state index in [9.17, 15) is 23.6 Å². The average Bonchev–Trinajstić information content (AvgIpc) is 3.51.